The van der Waals surface area contributed by atoms with Crippen LogP contribution in [-0.2, 0) is 4.74 Å². The first-order valence-electron chi connectivity index (χ1n) is 10.6. The van der Waals surface area contributed by atoms with Gasteiger partial charge < -0.3 is 14.6 Å². The van der Waals surface area contributed by atoms with Crippen molar-refractivity contribution in [2.24, 2.45) is 0 Å². The molecule has 1 atom stereocenters. The van der Waals surface area contributed by atoms with Crippen molar-refractivity contribution in [3.63, 3.8) is 0 Å². The molecule has 1 fully saturated rings. The predicted octanol–water partition coefficient (Wildman–Crippen LogP) is 4.21. The number of rotatable bonds is 6. The Kier molecular flexibility index (Phi) is 5.45. The second-order valence-corrected chi connectivity index (χ2v) is 8.09. The van der Waals surface area contributed by atoms with Crippen LogP contribution in [0.2, 0.25) is 0 Å². The summed E-state index contributed by atoms with van der Waals surface area (Å²) in [6.45, 7) is 4.21. The predicted molar refractivity (Wildman–Crippen MR) is 117 cm³/mol. The number of hydrogen-bond acceptors (Lipinski definition) is 6. The van der Waals surface area contributed by atoms with Crippen LogP contribution >= 0.6 is 0 Å². The molecule has 8 nitrogen and oxygen atoms in total. The van der Waals surface area contributed by atoms with Crippen molar-refractivity contribution in [3.05, 3.63) is 48.0 Å². The van der Waals surface area contributed by atoms with Crippen LogP contribution in [0, 0.1) is 13.8 Å². The minimum absolute atomic E-state index is 0.0532. The summed E-state index contributed by atoms with van der Waals surface area (Å²) in [5.41, 5.74) is 3.14. The van der Waals surface area contributed by atoms with Gasteiger partial charge in [-0.25, -0.2) is 13.8 Å². The lowest BCUT2D eigenvalue weighted by Crippen LogP contribution is -2.09. The zero-order valence-corrected chi connectivity index (χ0v) is 18.2. The van der Waals surface area contributed by atoms with Crippen LogP contribution in [-0.4, -0.2) is 55.7 Å². The Morgan fingerprint density at radius 3 is 2.91 bits per heavy atom. The van der Waals surface area contributed by atoms with Gasteiger partial charge in [0.05, 0.1) is 34.9 Å². The number of fused-ring (bicyclic) bond motifs is 1. The second-order valence-electron chi connectivity index (χ2n) is 8.09. The lowest BCUT2D eigenvalue weighted by Gasteiger charge is -2.10. The summed E-state index contributed by atoms with van der Waals surface area (Å²) in [7, 11) is 0. The van der Waals surface area contributed by atoms with E-state index >= 15 is 0 Å². The summed E-state index contributed by atoms with van der Waals surface area (Å²) in [4.78, 5) is 8.95. The first-order valence-corrected chi connectivity index (χ1v) is 10.6. The van der Waals surface area contributed by atoms with E-state index in [1.165, 1.54) is 0 Å². The van der Waals surface area contributed by atoms with E-state index in [0.29, 0.717) is 46.9 Å². The monoisotopic (exact) mass is 455 g/mol. The number of aryl methyl sites for hydroxylation is 2. The molecule has 1 saturated heterocycles. The van der Waals surface area contributed by atoms with Gasteiger partial charge in [0, 0.05) is 36.8 Å². The largest absolute Gasteiger partial charge is 0.494 e. The van der Waals surface area contributed by atoms with Gasteiger partial charge in [0.15, 0.2) is 5.82 Å². The topological polar surface area (TPSA) is 87.2 Å². The molecular weight excluding hydrogens is 432 g/mol. The summed E-state index contributed by atoms with van der Waals surface area (Å²) in [5.74, 6) is 0.921. The molecule has 4 aromatic rings. The second kappa shape index (κ2) is 8.43. The van der Waals surface area contributed by atoms with Gasteiger partial charge in [-0.2, -0.15) is 5.10 Å². The molecule has 5 heterocycles. The molecule has 172 valence electrons. The van der Waals surface area contributed by atoms with Crippen molar-refractivity contribution in [2.45, 2.75) is 32.7 Å². The summed E-state index contributed by atoms with van der Waals surface area (Å²) >= 11 is 0. The quantitative estimate of drug-likeness (QED) is 0.469. The number of pyridine rings is 2. The molecule has 33 heavy (non-hydrogen) atoms. The van der Waals surface area contributed by atoms with E-state index in [1.807, 2.05) is 29.9 Å². The van der Waals surface area contributed by atoms with E-state index in [1.54, 1.807) is 30.0 Å². The Labute approximate surface area is 188 Å². The third-order valence-electron chi connectivity index (χ3n) is 5.77. The fraction of sp³-hybridized carbons (Fsp3) is 0.348. The zero-order chi connectivity index (χ0) is 23.1. The third-order valence-corrected chi connectivity index (χ3v) is 5.77. The summed E-state index contributed by atoms with van der Waals surface area (Å²) in [6.07, 6.45) is 3.56. The van der Waals surface area contributed by atoms with Crippen molar-refractivity contribution >= 4 is 10.9 Å². The number of nitrogens with zero attached hydrogens (tertiary/aromatic N) is 5. The number of aromatic hydroxyl groups is 1. The van der Waals surface area contributed by atoms with Crippen LogP contribution < -0.4 is 4.74 Å². The highest BCUT2D eigenvalue weighted by molar-refractivity contribution is 5.90. The van der Waals surface area contributed by atoms with Gasteiger partial charge in [0.2, 0.25) is 5.88 Å². The van der Waals surface area contributed by atoms with Gasteiger partial charge in [-0.1, -0.05) is 0 Å². The van der Waals surface area contributed by atoms with Crippen molar-refractivity contribution < 1.29 is 23.4 Å². The SMILES string of the molecule is Cc1ncc(-c2cc(C)c3c(O)n(-c4ccn(C5CCOC5)n4)cc3n2)cc1OCC(F)F. The fourth-order valence-electron chi connectivity index (χ4n) is 4.05. The van der Waals surface area contributed by atoms with Gasteiger partial charge in [-0.3, -0.25) is 14.2 Å². The fourth-order valence-corrected chi connectivity index (χ4v) is 4.05. The van der Waals surface area contributed by atoms with Crippen LogP contribution in [0.5, 0.6) is 11.6 Å². The Bertz CT molecular complexity index is 1310. The number of halogens is 2. The first-order chi connectivity index (χ1) is 15.9. The molecule has 4 aromatic heterocycles. The molecule has 1 aliphatic rings. The smallest absolute Gasteiger partial charge is 0.272 e. The van der Waals surface area contributed by atoms with E-state index in [-0.39, 0.29) is 17.7 Å². The highest BCUT2D eigenvalue weighted by Gasteiger charge is 2.21. The van der Waals surface area contributed by atoms with Gasteiger partial charge in [-0.15, -0.1) is 0 Å². The lowest BCUT2D eigenvalue weighted by molar-refractivity contribution is 0.0814. The maximum atomic E-state index is 12.6. The van der Waals surface area contributed by atoms with Crippen molar-refractivity contribution in [3.8, 4) is 28.7 Å². The first kappa shape index (κ1) is 21.3. The average molecular weight is 455 g/mol. The van der Waals surface area contributed by atoms with Crippen molar-refractivity contribution in [1.82, 2.24) is 24.3 Å². The van der Waals surface area contributed by atoms with E-state index < -0.39 is 13.0 Å². The van der Waals surface area contributed by atoms with Gasteiger partial charge in [-0.05, 0) is 38.0 Å². The van der Waals surface area contributed by atoms with Crippen molar-refractivity contribution in [2.75, 3.05) is 19.8 Å². The van der Waals surface area contributed by atoms with Gasteiger partial charge in [0.1, 0.15) is 12.4 Å². The highest BCUT2D eigenvalue weighted by atomic mass is 19.3. The Morgan fingerprint density at radius 2 is 2.15 bits per heavy atom. The number of aromatic nitrogens is 5. The normalized spacial score (nSPS) is 16.2. The standard InChI is InChI=1S/C23H23F2N5O3/c1-13-7-17(15-8-19(14(2)26-9-15)33-12-20(24)25)27-18-10-29(23(31)22(13)18)21-3-5-30(28-21)16-4-6-32-11-16/h3,5,7-10,16,20,31H,4,6,11-12H2,1-2H3. The Morgan fingerprint density at radius 1 is 1.30 bits per heavy atom. The van der Waals surface area contributed by atoms with E-state index in [9.17, 15) is 13.9 Å². The molecule has 5 rings (SSSR count). The molecule has 0 spiro atoms. The molecule has 0 radical (unpaired) electrons. The Hall–Kier alpha value is -3.53. The molecule has 1 N–H and O–H groups in total. The van der Waals surface area contributed by atoms with Crippen LogP contribution in [0.25, 0.3) is 28.0 Å². The van der Waals surface area contributed by atoms with Crippen molar-refractivity contribution in [1.29, 1.82) is 0 Å². The summed E-state index contributed by atoms with van der Waals surface area (Å²) < 4.78 is 39.2. The van der Waals surface area contributed by atoms with Crippen LogP contribution in [0.4, 0.5) is 8.78 Å². The highest BCUT2D eigenvalue weighted by Crippen LogP contribution is 2.34. The maximum Gasteiger partial charge on any atom is 0.272 e. The zero-order valence-electron chi connectivity index (χ0n) is 18.2. The number of hydrogen-bond donors (Lipinski definition) is 1. The minimum atomic E-state index is -2.57. The van der Waals surface area contributed by atoms with Crippen LogP contribution in [0.1, 0.15) is 23.7 Å². The average Bonchev–Trinajstić information content (AvgIpc) is 3.53. The van der Waals surface area contributed by atoms with E-state index in [4.69, 9.17) is 9.47 Å². The molecule has 10 heteroatoms. The van der Waals surface area contributed by atoms with Gasteiger partial charge >= 0.3 is 0 Å². The van der Waals surface area contributed by atoms with Gasteiger partial charge in [0.25, 0.3) is 6.43 Å². The molecule has 0 aromatic carbocycles. The van der Waals surface area contributed by atoms with E-state index in [2.05, 4.69) is 15.1 Å². The van der Waals surface area contributed by atoms with Crippen LogP contribution in [0.15, 0.2) is 36.8 Å². The number of alkyl halides is 2. The third kappa shape index (κ3) is 4.02. The summed E-state index contributed by atoms with van der Waals surface area (Å²) in [5, 5.41) is 16.1. The molecular formula is C23H23F2N5O3. The maximum absolute atomic E-state index is 12.6. The molecule has 0 saturated carbocycles. The molecule has 1 aliphatic heterocycles. The van der Waals surface area contributed by atoms with E-state index in [0.717, 1.165) is 12.0 Å². The number of ether oxygens (including phenoxy) is 2. The Balaban J connectivity index is 1.52. The van der Waals surface area contributed by atoms with Crippen LogP contribution in [0.3, 0.4) is 0 Å². The minimum Gasteiger partial charge on any atom is -0.494 e. The molecule has 0 aliphatic carbocycles. The lowest BCUT2D eigenvalue weighted by atomic mass is 10.1. The molecule has 0 amide bonds. The molecule has 0 bridgehead atoms. The summed E-state index contributed by atoms with van der Waals surface area (Å²) in [6, 6.07) is 5.50. The molecule has 1 unspecified atom stereocenters.